The zero-order valence-corrected chi connectivity index (χ0v) is 12.8. The molecule has 1 N–H and O–H groups in total. The number of nitrogens with one attached hydrogen (secondary N) is 1. The molecule has 2 aromatic carbocycles. The Labute approximate surface area is 124 Å². The van der Waals surface area contributed by atoms with Gasteiger partial charge in [-0.25, -0.2) is 0 Å². The third kappa shape index (κ3) is 3.15. The Balaban J connectivity index is 2.35. The van der Waals surface area contributed by atoms with Crippen LogP contribution in [0.2, 0.25) is 0 Å². The third-order valence-electron chi connectivity index (χ3n) is 3.19. The number of nitrogens with zero attached hydrogens (tertiary/aromatic N) is 1. The standard InChI is InChI=1S/C17H18N2S/c1-12(2)13-6-4-7-14(10-13)19-16-8-5-9-17(20-3)15(16)11-18/h4-10,12,19H,1-3H3. The first kappa shape index (κ1) is 14.5. The predicted octanol–water partition coefficient (Wildman–Crippen LogP) is 5.15. The second-order valence-corrected chi connectivity index (χ2v) is 5.75. The van der Waals surface area contributed by atoms with Gasteiger partial charge in [0.2, 0.25) is 0 Å². The Kier molecular flexibility index (Phi) is 4.70. The van der Waals surface area contributed by atoms with Crippen molar-refractivity contribution >= 4 is 23.1 Å². The molecule has 2 rings (SSSR count). The maximum absolute atomic E-state index is 9.35. The number of hydrogen-bond acceptors (Lipinski definition) is 3. The molecule has 20 heavy (non-hydrogen) atoms. The van der Waals surface area contributed by atoms with Gasteiger partial charge in [-0.05, 0) is 42.0 Å². The summed E-state index contributed by atoms with van der Waals surface area (Å²) in [6.07, 6.45) is 1.99. The van der Waals surface area contributed by atoms with Gasteiger partial charge < -0.3 is 5.32 Å². The largest absolute Gasteiger partial charge is 0.354 e. The summed E-state index contributed by atoms with van der Waals surface area (Å²) in [6, 6.07) is 16.5. The molecule has 0 aliphatic rings. The molecule has 0 heterocycles. The normalized spacial score (nSPS) is 10.3. The molecule has 0 unspecified atom stereocenters. The summed E-state index contributed by atoms with van der Waals surface area (Å²) in [5, 5.41) is 12.7. The molecule has 0 amide bonds. The lowest BCUT2D eigenvalue weighted by atomic mass is 10.0. The fourth-order valence-corrected chi connectivity index (χ4v) is 2.63. The highest BCUT2D eigenvalue weighted by Crippen LogP contribution is 2.29. The molecule has 2 aromatic rings. The van der Waals surface area contributed by atoms with Crippen LogP contribution in [0.4, 0.5) is 11.4 Å². The second kappa shape index (κ2) is 6.49. The molecule has 0 atom stereocenters. The van der Waals surface area contributed by atoms with E-state index in [-0.39, 0.29) is 0 Å². The molecule has 3 heteroatoms. The maximum Gasteiger partial charge on any atom is 0.103 e. The topological polar surface area (TPSA) is 35.8 Å². The summed E-state index contributed by atoms with van der Waals surface area (Å²) in [7, 11) is 0. The first-order chi connectivity index (χ1) is 9.65. The van der Waals surface area contributed by atoms with Crippen molar-refractivity contribution < 1.29 is 0 Å². The Bertz CT molecular complexity index is 642. The van der Waals surface area contributed by atoms with Gasteiger partial charge in [0.05, 0.1) is 11.3 Å². The molecule has 102 valence electrons. The monoisotopic (exact) mass is 282 g/mol. The molecule has 0 saturated heterocycles. The van der Waals surface area contributed by atoms with Crippen molar-refractivity contribution in [2.45, 2.75) is 24.7 Å². The average Bonchev–Trinajstić information content (AvgIpc) is 2.47. The van der Waals surface area contributed by atoms with Crippen LogP contribution in [-0.4, -0.2) is 6.26 Å². The van der Waals surface area contributed by atoms with Crippen LogP contribution in [-0.2, 0) is 0 Å². The average molecular weight is 282 g/mol. The summed E-state index contributed by atoms with van der Waals surface area (Å²) < 4.78 is 0. The van der Waals surface area contributed by atoms with E-state index in [9.17, 15) is 5.26 Å². The lowest BCUT2D eigenvalue weighted by Gasteiger charge is -2.12. The van der Waals surface area contributed by atoms with Crippen LogP contribution in [0.5, 0.6) is 0 Å². The minimum atomic E-state index is 0.490. The van der Waals surface area contributed by atoms with Gasteiger partial charge in [-0.2, -0.15) is 5.26 Å². The zero-order chi connectivity index (χ0) is 14.5. The van der Waals surface area contributed by atoms with Crippen LogP contribution in [0.1, 0.15) is 30.9 Å². The smallest absolute Gasteiger partial charge is 0.103 e. The number of thioether (sulfide) groups is 1. The summed E-state index contributed by atoms with van der Waals surface area (Å²) >= 11 is 1.59. The van der Waals surface area contributed by atoms with E-state index in [1.165, 1.54) is 5.56 Å². The van der Waals surface area contributed by atoms with Crippen LogP contribution in [0.3, 0.4) is 0 Å². The summed E-state index contributed by atoms with van der Waals surface area (Å²) in [4.78, 5) is 0.998. The van der Waals surface area contributed by atoms with Gasteiger partial charge in [-0.1, -0.05) is 32.0 Å². The highest BCUT2D eigenvalue weighted by atomic mass is 32.2. The molecule has 0 fully saturated rings. The molecule has 0 aliphatic carbocycles. The van der Waals surface area contributed by atoms with E-state index >= 15 is 0 Å². The summed E-state index contributed by atoms with van der Waals surface area (Å²) in [5.74, 6) is 0.490. The molecular weight excluding hydrogens is 264 g/mol. The Hall–Kier alpha value is -1.92. The molecule has 0 spiro atoms. The van der Waals surface area contributed by atoms with Crippen LogP contribution in [0.25, 0.3) is 0 Å². The first-order valence-corrected chi connectivity index (χ1v) is 7.82. The minimum absolute atomic E-state index is 0.490. The number of nitriles is 1. The van der Waals surface area contributed by atoms with E-state index in [1.807, 2.05) is 36.6 Å². The SMILES string of the molecule is CSc1cccc(Nc2cccc(C(C)C)c2)c1C#N. The van der Waals surface area contributed by atoms with E-state index in [2.05, 4.69) is 37.4 Å². The highest BCUT2D eigenvalue weighted by Gasteiger charge is 2.08. The highest BCUT2D eigenvalue weighted by molar-refractivity contribution is 7.98. The van der Waals surface area contributed by atoms with Gasteiger partial charge in [-0.15, -0.1) is 11.8 Å². The van der Waals surface area contributed by atoms with Crippen molar-refractivity contribution in [2.24, 2.45) is 0 Å². The minimum Gasteiger partial charge on any atom is -0.354 e. The van der Waals surface area contributed by atoms with Crippen molar-refractivity contribution in [1.82, 2.24) is 0 Å². The third-order valence-corrected chi connectivity index (χ3v) is 3.97. The predicted molar refractivity (Wildman–Crippen MR) is 86.8 cm³/mol. The van der Waals surface area contributed by atoms with Crippen molar-refractivity contribution in [1.29, 1.82) is 5.26 Å². The van der Waals surface area contributed by atoms with Crippen molar-refractivity contribution in [2.75, 3.05) is 11.6 Å². The first-order valence-electron chi connectivity index (χ1n) is 6.59. The van der Waals surface area contributed by atoms with Gasteiger partial charge in [0, 0.05) is 10.6 Å². The number of anilines is 2. The Morgan fingerprint density at radius 3 is 2.55 bits per heavy atom. The summed E-state index contributed by atoms with van der Waals surface area (Å²) in [5.41, 5.74) is 3.87. The zero-order valence-electron chi connectivity index (χ0n) is 12.0. The van der Waals surface area contributed by atoms with Gasteiger partial charge in [-0.3, -0.25) is 0 Å². The lowest BCUT2D eigenvalue weighted by molar-refractivity contribution is 0.867. The molecule has 0 radical (unpaired) electrons. The van der Waals surface area contributed by atoms with Crippen LogP contribution in [0.15, 0.2) is 47.4 Å². The van der Waals surface area contributed by atoms with E-state index in [0.29, 0.717) is 11.5 Å². The van der Waals surface area contributed by atoms with Crippen molar-refractivity contribution in [3.63, 3.8) is 0 Å². The number of hydrogen-bond donors (Lipinski definition) is 1. The van der Waals surface area contributed by atoms with E-state index < -0.39 is 0 Å². The van der Waals surface area contributed by atoms with Crippen LogP contribution >= 0.6 is 11.8 Å². The molecule has 0 aliphatic heterocycles. The van der Waals surface area contributed by atoms with Crippen molar-refractivity contribution in [3.8, 4) is 6.07 Å². The molecule has 0 saturated carbocycles. The van der Waals surface area contributed by atoms with Gasteiger partial charge >= 0.3 is 0 Å². The van der Waals surface area contributed by atoms with Crippen LogP contribution < -0.4 is 5.32 Å². The summed E-state index contributed by atoms with van der Waals surface area (Å²) in [6.45, 7) is 4.35. The molecule has 0 aromatic heterocycles. The lowest BCUT2D eigenvalue weighted by Crippen LogP contribution is -1.96. The van der Waals surface area contributed by atoms with Gasteiger partial charge in [0.15, 0.2) is 0 Å². The second-order valence-electron chi connectivity index (χ2n) is 4.90. The quantitative estimate of drug-likeness (QED) is 0.788. The number of rotatable bonds is 4. The molecule has 0 bridgehead atoms. The Morgan fingerprint density at radius 1 is 1.15 bits per heavy atom. The van der Waals surface area contributed by atoms with Gasteiger partial charge in [0.1, 0.15) is 6.07 Å². The van der Waals surface area contributed by atoms with E-state index in [4.69, 9.17) is 0 Å². The van der Waals surface area contributed by atoms with Crippen LogP contribution in [0, 0.1) is 11.3 Å². The molecular formula is C17H18N2S. The number of benzene rings is 2. The molecule has 2 nitrogen and oxygen atoms in total. The van der Waals surface area contributed by atoms with Crippen molar-refractivity contribution in [3.05, 3.63) is 53.6 Å². The fourth-order valence-electron chi connectivity index (χ4n) is 2.05. The Morgan fingerprint density at radius 2 is 1.90 bits per heavy atom. The fraction of sp³-hybridized carbons (Fsp3) is 0.235. The van der Waals surface area contributed by atoms with Gasteiger partial charge in [0.25, 0.3) is 0 Å². The van der Waals surface area contributed by atoms with E-state index in [1.54, 1.807) is 11.8 Å². The maximum atomic E-state index is 9.35. The van der Waals surface area contributed by atoms with E-state index in [0.717, 1.165) is 16.3 Å².